The molecular formula is C12H17F. The minimum Gasteiger partial charge on any atom is -0.207 e. The summed E-state index contributed by atoms with van der Waals surface area (Å²) in [6, 6.07) is 0. The molecule has 0 bridgehead atoms. The van der Waals surface area contributed by atoms with Crippen LogP contribution >= 0.6 is 0 Å². The molecule has 0 amide bonds. The van der Waals surface area contributed by atoms with Gasteiger partial charge in [0.2, 0.25) is 0 Å². The lowest BCUT2D eigenvalue weighted by Crippen LogP contribution is -2.07. The summed E-state index contributed by atoms with van der Waals surface area (Å²) in [7, 11) is 0. The molecule has 0 heterocycles. The average Bonchev–Trinajstić information content (AvgIpc) is 1.94. The van der Waals surface area contributed by atoms with Crippen LogP contribution < -0.4 is 0 Å². The SMILES string of the molecule is CC(C)(C)C1=C/CCC=C(F)/C=C\1. The zero-order valence-corrected chi connectivity index (χ0v) is 8.60. The smallest absolute Gasteiger partial charge is 0.119 e. The predicted molar refractivity (Wildman–Crippen MR) is 55.1 cm³/mol. The van der Waals surface area contributed by atoms with Crippen molar-refractivity contribution in [1.82, 2.24) is 0 Å². The second-order valence-corrected chi connectivity index (χ2v) is 4.41. The Morgan fingerprint density at radius 3 is 2.31 bits per heavy atom. The van der Waals surface area contributed by atoms with Crippen LogP contribution in [-0.2, 0) is 0 Å². The maximum atomic E-state index is 12.9. The van der Waals surface area contributed by atoms with Crippen molar-refractivity contribution in [2.75, 3.05) is 0 Å². The van der Waals surface area contributed by atoms with Gasteiger partial charge in [0.1, 0.15) is 5.83 Å². The van der Waals surface area contributed by atoms with Crippen molar-refractivity contribution >= 4 is 0 Å². The fourth-order valence-electron chi connectivity index (χ4n) is 1.32. The highest BCUT2D eigenvalue weighted by Gasteiger charge is 2.14. The van der Waals surface area contributed by atoms with Gasteiger partial charge in [0, 0.05) is 0 Å². The van der Waals surface area contributed by atoms with E-state index in [0.29, 0.717) is 0 Å². The van der Waals surface area contributed by atoms with Crippen LogP contribution in [0.2, 0.25) is 0 Å². The first-order chi connectivity index (χ1) is 6.00. The molecule has 0 unspecified atom stereocenters. The first-order valence-electron chi connectivity index (χ1n) is 4.74. The standard InChI is InChI=1S/C12H17F/c1-12(2,3)10-6-4-5-7-11(13)9-8-10/h6-9H,4-5H2,1-3H3/b9-8-,10-6+,11-7?. The Morgan fingerprint density at radius 2 is 1.69 bits per heavy atom. The molecule has 1 heteroatoms. The first kappa shape index (κ1) is 10.2. The zero-order valence-electron chi connectivity index (χ0n) is 8.60. The molecule has 0 aromatic rings. The highest BCUT2D eigenvalue weighted by Crippen LogP contribution is 2.28. The van der Waals surface area contributed by atoms with Crippen LogP contribution in [0.15, 0.2) is 35.7 Å². The molecule has 1 rings (SSSR count). The van der Waals surface area contributed by atoms with E-state index in [2.05, 4.69) is 26.8 Å². The first-order valence-corrected chi connectivity index (χ1v) is 4.74. The molecule has 1 aliphatic rings. The fraction of sp³-hybridized carbons (Fsp3) is 0.500. The molecular weight excluding hydrogens is 163 g/mol. The minimum atomic E-state index is -0.116. The lowest BCUT2D eigenvalue weighted by atomic mass is 9.85. The van der Waals surface area contributed by atoms with Crippen LogP contribution in [0.3, 0.4) is 0 Å². The molecule has 0 fully saturated rings. The van der Waals surface area contributed by atoms with Gasteiger partial charge >= 0.3 is 0 Å². The molecule has 0 atom stereocenters. The van der Waals surface area contributed by atoms with Crippen molar-refractivity contribution in [3.8, 4) is 0 Å². The molecule has 13 heavy (non-hydrogen) atoms. The topological polar surface area (TPSA) is 0 Å². The van der Waals surface area contributed by atoms with E-state index in [1.807, 2.05) is 6.08 Å². The van der Waals surface area contributed by atoms with Crippen LogP contribution in [-0.4, -0.2) is 0 Å². The fourth-order valence-corrected chi connectivity index (χ4v) is 1.32. The molecule has 0 N–H and O–H groups in total. The minimum absolute atomic E-state index is 0.116. The van der Waals surface area contributed by atoms with E-state index in [1.54, 1.807) is 12.2 Å². The van der Waals surface area contributed by atoms with Gasteiger partial charge in [-0.3, -0.25) is 0 Å². The summed E-state index contributed by atoms with van der Waals surface area (Å²) in [5, 5.41) is 0. The Hall–Kier alpha value is -0.850. The monoisotopic (exact) mass is 180 g/mol. The Bertz CT molecular complexity index is 261. The summed E-state index contributed by atoms with van der Waals surface area (Å²) >= 11 is 0. The van der Waals surface area contributed by atoms with Crippen LogP contribution in [0.1, 0.15) is 33.6 Å². The van der Waals surface area contributed by atoms with E-state index in [9.17, 15) is 4.39 Å². The van der Waals surface area contributed by atoms with Crippen molar-refractivity contribution in [1.29, 1.82) is 0 Å². The number of allylic oxidation sites excluding steroid dienone is 6. The van der Waals surface area contributed by atoms with Gasteiger partial charge in [-0.2, -0.15) is 0 Å². The number of rotatable bonds is 0. The van der Waals surface area contributed by atoms with Gasteiger partial charge in [-0.05, 0) is 36.0 Å². The summed E-state index contributed by atoms with van der Waals surface area (Å²) in [5.74, 6) is -0.116. The average molecular weight is 180 g/mol. The molecule has 0 spiro atoms. The Kier molecular flexibility index (Phi) is 3.07. The molecule has 0 radical (unpaired) electrons. The quantitative estimate of drug-likeness (QED) is 0.525. The lowest BCUT2D eigenvalue weighted by molar-refractivity contribution is 0.513. The molecule has 0 nitrogen and oxygen atoms in total. The van der Waals surface area contributed by atoms with Gasteiger partial charge in [0.25, 0.3) is 0 Å². The highest BCUT2D eigenvalue weighted by atomic mass is 19.1. The third-order valence-electron chi connectivity index (χ3n) is 2.16. The van der Waals surface area contributed by atoms with Gasteiger partial charge in [0.05, 0.1) is 0 Å². The van der Waals surface area contributed by atoms with Crippen LogP contribution in [0, 0.1) is 5.41 Å². The Balaban J connectivity index is 2.88. The van der Waals surface area contributed by atoms with Crippen LogP contribution in [0.5, 0.6) is 0 Å². The number of hydrogen-bond acceptors (Lipinski definition) is 0. The molecule has 0 saturated heterocycles. The summed E-state index contributed by atoms with van der Waals surface area (Å²) in [4.78, 5) is 0. The maximum Gasteiger partial charge on any atom is 0.119 e. The van der Waals surface area contributed by atoms with E-state index < -0.39 is 0 Å². The molecule has 0 saturated carbocycles. The van der Waals surface area contributed by atoms with E-state index in [-0.39, 0.29) is 11.2 Å². The van der Waals surface area contributed by atoms with Gasteiger partial charge in [-0.25, -0.2) is 4.39 Å². The van der Waals surface area contributed by atoms with E-state index >= 15 is 0 Å². The van der Waals surface area contributed by atoms with Crippen molar-refractivity contribution in [2.24, 2.45) is 5.41 Å². The largest absolute Gasteiger partial charge is 0.207 e. The van der Waals surface area contributed by atoms with Crippen molar-refractivity contribution < 1.29 is 4.39 Å². The van der Waals surface area contributed by atoms with Gasteiger partial charge in [-0.1, -0.05) is 32.9 Å². The van der Waals surface area contributed by atoms with Crippen LogP contribution in [0.25, 0.3) is 0 Å². The third kappa shape index (κ3) is 3.17. The maximum absolute atomic E-state index is 12.9. The molecule has 72 valence electrons. The predicted octanol–water partition coefficient (Wildman–Crippen LogP) is 4.16. The van der Waals surface area contributed by atoms with Crippen molar-refractivity contribution in [2.45, 2.75) is 33.6 Å². The Morgan fingerprint density at radius 1 is 1.08 bits per heavy atom. The molecule has 0 aliphatic heterocycles. The van der Waals surface area contributed by atoms with E-state index in [1.165, 1.54) is 5.57 Å². The number of halogens is 1. The van der Waals surface area contributed by atoms with E-state index in [4.69, 9.17) is 0 Å². The third-order valence-corrected chi connectivity index (χ3v) is 2.16. The Labute approximate surface area is 79.8 Å². The second-order valence-electron chi connectivity index (χ2n) is 4.41. The normalized spacial score (nSPS) is 25.2. The summed E-state index contributed by atoms with van der Waals surface area (Å²) in [6.07, 6.45) is 8.99. The van der Waals surface area contributed by atoms with Gasteiger partial charge < -0.3 is 0 Å². The van der Waals surface area contributed by atoms with Crippen molar-refractivity contribution in [3.63, 3.8) is 0 Å². The summed E-state index contributed by atoms with van der Waals surface area (Å²) in [5.41, 5.74) is 1.34. The lowest BCUT2D eigenvalue weighted by Gasteiger charge is -2.20. The second kappa shape index (κ2) is 3.91. The summed E-state index contributed by atoms with van der Waals surface area (Å²) < 4.78 is 12.9. The molecule has 1 aliphatic carbocycles. The van der Waals surface area contributed by atoms with E-state index in [0.717, 1.165) is 12.8 Å². The molecule has 0 aromatic carbocycles. The van der Waals surface area contributed by atoms with Gasteiger partial charge in [-0.15, -0.1) is 0 Å². The zero-order chi connectivity index (χ0) is 9.90. The highest BCUT2D eigenvalue weighted by molar-refractivity contribution is 5.30. The van der Waals surface area contributed by atoms with Gasteiger partial charge in [0.15, 0.2) is 0 Å². The molecule has 0 aromatic heterocycles. The number of hydrogen-bond donors (Lipinski definition) is 0. The van der Waals surface area contributed by atoms with Crippen molar-refractivity contribution in [3.05, 3.63) is 35.7 Å². The van der Waals surface area contributed by atoms with Crippen LogP contribution in [0.4, 0.5) is 4.39 Å². The summed E-state index contributed by atoms with van der Waals surface area (Å²) in [6.45, 7) is 6.44.